The van der Waals surface area contributed by atoms with E-state index in [1.54, 1.807) is 4.68 Å². The molecule has 1 aliphatic rings. The van der Waals surface area contributed by atoms with Gasteiger partial charge in [0.2, 0.25) is 0 Å². The van der Waals surface area contributed by atoms with Crippen LogP contribution in [-0.2, 0) is 6.42 Å². The number of rotatable bonds is 3. The fraction of sp³-hybridized carbons (Fsp3) is 0.417. The van der Waals surface area contributed by atoms with Crippen molar-refractivity contribution in [2.75, 3.05) is 13.1 Å². The zero-order chi connectivity index (χ0) is 12.4. The van der Waals surface area contributed by atoms with Gasteiger partial charge in [-0.3, -0.25) is 0 Å². The monoisotopic (exact) mass is 263 g/mol. The average molecular weight is 264 g/mol. The molecule has 2 aromatic rings. The highest BCUT2D eigenvalue weighted by Crippen LogP contribution is 2.21. The summed E-state index contributed by atoms with van der Waals surface area (Å²) in [6, 6.07) is 7.61. The lowest BCUT2D eigenvalue weighted by Crippen LogP contribution is -2.14. The third-order valence-corrected chi connectivity index (χ3v) is 3.57. The third-order valence-electron chi connectivity index (χ3n) is 3.25. The minimum Gasteiger partial charge on any atom is -0.316 e. The second-order valence-corrected chi connectivity index (χ2v) is 4.93. The molecule has 2 heterocycles. The molecule has 0 aliphatic carbocycles. The quantitative estimate of drug-likeness (QED) is 0.911. The zero-order valence-electron chi connectivity index (χ0n) is 9.88. The van der Waals surface area contributed by atoms with E-state index in [0.717, 1.165) is 31.0 Å². The van der Waals surface area contributed by atoms with Gasteiger partial charge in [-0.2, -0.15) is 4.68 Å². The lowest BCUT2D eigenvalue weighted by atomic mass is 10.0. The molecule has 1 aliphatic heterocycles. The summed E-state index contributed by atoms with van der Waals surface area (Å²) >= 11 is 6.18. The lowest BCUT2D eigenvalue weighted by Gasteiger charge is -2.09. The van der Waals surface area contributed by atoms with E-state index in [1.165, 1.54) is 6.42 Å². The summed E-state index contributed by atoms with van der Waals surface area (Å²) < 4.78 is 1.74. The van der Waals surface area contributed by atoms with Crippen LogP contribution < -0.4 is 5.32 Å². The molecular weight excluding hydrogens is 250 g/mol. The SMILES string of the molecule is Clc1ccccc1-n1nnnc1CC1CCNC1. The van der Waals surface area contributed by atoms with E-state index in [1.807, 2.05) is 24.3 Å². The highest BCUT2D eigenvalue weighted by Gasteiger charge is 2.19. The minimum atomic E-state index is 0.609. The van der Waals surface area contributed by atoms with E-state index in [9.17, 15) is 0 Å². The number of hydrogen-bond donors (Lipinski definition) is 1. The summed E-state index contributed by atoms with van der Waals surface area (Å²) in [5.41, 5.74) is 0.838. The van der Waals surface area contributed by atoms with Crippen molar-refractivity contribution in [2.45, 2.75) is 12.8 Å². The maximum Gasteiger partial charge on any atom is 0.157 e. The summed E-state index contributed by atoms with van der Waals surface area (Å²) in [4.78, 5) is 0. The Labute approximate surface area is 110 Å². The van der Waals surface area contributed by atoms with Crippen molar-refractivity contribution in [3.05, 3.63) is 35.1 Å². The Morgan fingerprint density at radius 3 is 3.06 bits per heavy atom. The molecule has 0 bridgehead atoms. The van der Waals surface area contributed by atoms with E-state index in [0.29, 0.717) is 10.9 Å². The average Bonchev–Trinajstić information content (AvgIpc) is 3.02. The first-order chi connectivity index (χ1) is 8.84. The van der Waals surface area contributed by atoms with E-state index in [2.05, 4.69) is 20.8 Å². The van der Waals surface area contributed by atoms with Crippen molar-refractivity contribution in [1.29, 1.82) is 0 Å². The number of nitrogens with one attached hydrogen (secondary N) is 1. The number of aromatic nitrogens is 4. The largest absolute Gasteiger partial charge is 0.316 e. The molecule has 1 aromatic heterocycles. The van der Waals surface area contributed by atoms with Gasteiger partial charge in [0, 0.05) is 6.42 Å². The Morgan fingerprint density at radius 1 is 1.39 bits per heavy atom. The molecule has 1 aromatic carbocycles. The van der Waals surface area contributed by atoms with Crippen LogP contribution >= 0.6 is 11.6 Å². The van der Waals surface area contributed by atoms with Crippen LogP contribution in [0.4, 0.5) is 0 Å². The Bertz CT molecular complexity index is 533. The minimum absolute atomic E-state index is 0.609. The third kappa shape index (κ3) is 2.23. The Kier molecular flexibility index (Phi) is 3.25. The molecule has 1 N–H and O–H groups in total. The Hall–Kier alpha value is -1.46. The van der Waals surface area contributed by atoms with Gasteiger partial charge in [0.1, 0.15) is 0 Å². The fourth-order valence-electron chi connectivity index (χ4n) is 2.29. The molecule has 6 heteroatoms. The lowest BCUT2D eigenvalue weighted by molar-refractivity contribution is 0.551. The topological polar surface area (TPSA) is 55.6 Å². The van der Waals surface area contributed by atoms with Crippen LogP contribution in [0.5, 0.6) is 0 Å². The van der Waals surface area contributed by atoms with E-state index in [4.69, 9.17) is 11.6 Å². The van der Waals surface area contributed by atoms with Crippen molar-refractivity contribution in [3.8, 4) is 5.69 Å². The summed E-state index contributed by atoms with van der Waals surface area (Å²) in [5.74, 6) is 1.48. The van der Waals surface area contributed by atoms with Crippen LogP contribution in [0.2, 0.25) is 5.02 Å². The van der Waals surface area contributed by atoms with Crippen molar-refractivity contribution in [2.24, 2.45) is 5.92 Å². The Balaban J connectivity index is 1.89. The fourth-order valence-corrected chi connectivity index (χ4v) is 2.51. The maximum absolute atomic E-state index is 6.18. The van der Waals surface area contributed by atoms with Gasteiger partial charge >= 0.3 is 0 Å². The van der Waals surface area contributed by atoms with Crippen LogP contribution in [0.1, 0.15) is 12.2 Å². The normalized spacial score (nSPS) is 19.3. The first kappa shape index (κ1) is 11.6. The summed E-state index contributed by atoms with van der Waals surface area (Å²) in [7, 11) is 0. The number of para-hydroxylation sites is 1. The summed E-state index contributed by atoms with van der Waals surface area (Å²) in [6.45, 7) is 2.12. The molecule has 1 unspecified atom stereocenters. The second-order valence-electron chi connectivity index (χ2n) is 4.52. The van der Waals surface area contributed by atoms with Gasteiger partial charge in [-0.15, -0.1) is 5.10 Å². The molecule has 1 fully saturated rings. The molecule has 5 nitrogen and oxygen atoms in total. The summed E-state index contributed by atoms with van der Waals surface area (Å²) in [5, 5.41) is 15.9. The van der Waals surface area contributed by atoms with Gasteiger partial charge in [0.25, 0.3) is 0 Å². The van der Waals surface area contributed by atoms with E-state index in [-0.39, 0.29) is 0 Å². The van der Waals surface area contributed by atoms with Crippen molar-refractivity contribution in [1.82, 2.24) is 25.5 Å². The molecule has 94 valence electrons. The van der Waals surface area contributed by atoms with E-state index >= 15 is 0 Å². The van der Waals surface area contributed by atoms with Gasteiger partial charge in [0.05, 0.1) is 10.7 Å². The van der Waals surface area contributed by atoms with Crippen LogP contribution in [0.3, 0.4) is 0 Å². The van der Waals surface area contributed by atoms with Gasteiger partial charge in [-0.25, -0.2) is 0 Å². The number of nitrogens with zero attached hydrogens (tertiary/aromatic N) is 4. The van der Waals surface area contributed by atoms with E-state index < -0.39 is 0 Å². The second kappa shape index (κ2) is 5.04. The van der Waals surface area contributed by atoms with Gasteiger partial charge in [-0.1, -0.05) is 23.7 Å². The van der Waals surface area contributed by atoms with Crippen LogP contribution in [0.25, 0.3) is 5.69 Å². The van der Waals surface area contributed by atoms with Crippen molar-refractivity contribution >= 4 is 11.6 Å². The predicted octanol–water partition coefficient (Wildman–Crippen LogP) is 1.47. The number of halogens is 1. The van der Waals surface area contributed by atoms with Crippen LogP contribution in [-0.4, -0.2) is 33.3 Å². The molecule has 0 amide bonds. The molecule has 3 rings (SSSR count). The van der Waals surface area contributed by atoms with Crippen molar-refractivity contribution in [3.63, 3.8) is 0 Å². The maximum atomic E-state index is 6.18. The summed E-state index contributed by atoms with van der Waals surface area (Å²) in [6.07, 6.45) is 2.06. The molecule has 1 saturated heterocycles. The van der Waals surface area contributed by atoms with Crippen LogP contribution in [0.15, 0.2) is 24.3 Å². The first-order valence-electron chi connectivity index (χ1n) is 6.07. The highest BCUT2D eigenvalue weighted by atomic mass is 35.5. The smallest absolute Gasteiger partial charge is 0.157 e. The number of tetrazole rings is 1. The Morgan fingerprint density at radius 2 is 2.28 bits per heavy atom. The molecular formula is C12H14ClN5. The number of benzene rings is 1. The molecule has 0 radical (unpaired) electrons. The highest BCUT2D eigenvalue weighted by molar-refractivity contribution is 6.32. The molecule has 18 heavy (non-hydrogen) atoms. The molecule has 0 spiro atoms. The molecule has 0 saturated carbocycles. The van der Waals surface area contributed by atoms with Gasteiger partial charge < -0.3 is 5.32 Å². The zero-order valence-corrected chi connectivity index (χ0v) is 10.6. The van der Waals surface area contributed by atoms with Gasteiger partial charge in [-0.05, 0) is 48.0 Å². The predicted molar refractivity (Wildman–Crippen MR) is 68.8 cm³/mol. The standard InChI is InChI=1S/C12H14ClN5/c13-10-3-1-2-4-11(10)18-12(15-16-17-18)7-9-5-6-14-8-9/h1-4,9,14H,5-8H2. The number of hydrogen-bond acceptors (Lipinski definition) is 4. The van der Waals surface area contributed by atoms with Gasteiger partial charge in [0.15, 0.2) is 5.82 Å². The van der Waals surface area contributed by atoms with Crippen LogP contribution in [0, 0.1) is 5.92 Å². The van der Waals surface area contributed by atoms with Crippen molar-refractivity contribution < 1.29 is 0 Å². The molecule has 1 atom stereocenters. The first-order valence-corrected chi connectivity index (χ1v) is 6.45.